The first kappa shape index (κ1) is 20.7. The lowest BCUT2D eigenvalue weighted by molar-refractivity contribution is -0.0889. The van der Waals surface area contributed by atoms with Gasteiger partial charge in [0.1, 0.15) is 0 Å². The summed E-state index contributed by atoms with van der Waals surface area (Å²) in [5, 5.41) is 0.656. The van der Waals surface area contributed by atoms with Crippen LogP contribution < -0.4 is 4.74 Å². The second-order valence-electron chi connectivity index (χ2n) is 7.87. The van der Waals surface area contributed by atoms with Crippen molar-refractivity contribution in [3.05, 3.63) is 89.7 Å². The highest BCUT2D eigenvalue weighted by Crippen LogP contribution is 2.47. The highest BCUT2D eigenvalue weighted by Gasteiger charge is 2.39. The van der Waals surface area contributed by atoms with Gasteiger partial charge in [0.15, 0.2) is 11.4 Å². The molecule has 2 atom stereocenters. The Balaban J connectivity index is 1.82. The van der Waals surface area contributed by atoms with Crippen LogP contribution in [0.2, 0.25) is 0 Å². The van der Waals surface area contributed by atoms with Gasteiger partial charge in [-0.25, -0.2) is 17.4 Å². The SMILES string of the molecule is CCO[C@@H]1C[C@@H](c2ccc(C)cc2)c2c(c3cccnc3n2S(=O)(=O)c2ccccc2)O1. The summed E-state index contributed by atoms with van der Waals surface area (Å²) < 4.78 is 41.1. The Hall–Kier alpha value is -3.16. The Morgan fingerprint density at radius 3 is 2.53 bits per heavy atom. The Kier molecular flexibility index (Phi) is 5.23. The van der Waals surface area contributed by atoms with Crippen molar-refractivity contribution in [2.75, 3.05) is 6.61 Å². The van der Waals surface area contributed by atoms with Gasteiger partial charge in [-0.2, -0.15) is 0 Å². The molecule has 32 heavy (non-hydrogen) atoms. The number of ether oxygens (including phenoxy) is 2. The first-order chi connectivity index (χ1) is 15.5. The van der Waals surface area contributed by atoms with Crippen LogP contribution in [-0.4, -0.2) is 30.3 Å². The molecule has 0 bridgehead atoms. The lowest BCUT2D eigenvalue weighted by Gasteiger charge is -2.31. The first-order valence-electron chi connectivity index (χ1n) is 10.7. The van der Waals surface area contributed by atoms with E-state index in [0.717, 1.165) is 11.1 Å². The predicted octanol–water partition coefficient (Wildman–Crippen LogP) is 4.86. The molecule has 1 aliphatic rings. The summed E-state index contributed by atoms with van der Waals surface area (Å²) in [6.45, 7) is 4.45. The van der Waals surface area contributed by atoms with Gasteiger partial charge in [-0.05, 0) is 43.7 Å². The number of hydrogen-bond donors (Lipinski definition) is 0. The van der Waals surface area contributed by atoms with Gasteiger partial charge in [0.05, 0.1) is 16.0 Å². The van der Waals surface area contributed by atoms with E-state index in [1.807, 2.05) is 44.2 Å². The number of aromatic nitrogens is 2. The van der Waals surface area contributed by atoms with Crippen LogP contribution in [-0.2, 0) is 14.8 Å². The quantitative estimate of drug-likeness (QED) is 0.436. The predicted molar refractivity (Wildman–Crippen MR) is 122 cm³/mol. The average molecular weight is 449 g/mol. The fraction of sp³-hybridized carbons (Fsp3) is 0.240. The van der Waals surface area contributed by atoms with Crippen LogP contribution in [0, 0.1) is 6.92 Å². The number of rotatable bonds is 5. The van der Waals surface area contributed by atoms with Crippen molar-refractivity contribution in [1.82, 2.24) is 8.96 Å². The summed E-state index contributed by atoms with van der Waals surface area (Å²) >= 11 is 0. The van der Waals surface area contributed by atoms with E-state index in [0.29, 0.717) is 35.5 Å². The summed E-state index contributed by atoms with van der Waals surface area (Å²) in [6, 6.07) is 20.2. The molecule has 0 unspecified atom stereocenters. The maximum atomic E-state index is 13.9. The minimum atomic E-state index is -3.91. The van der Waals surface area contributed by atoms with E-state index in [9.17, 15) is 8.42 Å². The number of benzene rings is 2. The summed E-state index contributed by atoms with van der Waals surface area (Å²) in [7, 11) is -3.91. The monoisotopic (exact) mass is 448 g/mol. The Morgan fingerprint density at radius 2 is 1.81 bits per heavy atom. The molecule has 1 aliphatic heterocycles. The van der Waals surface area contributed by atoms with Crippen molar-refractivity contribution in [1.29, 1.82) is 0 Å². The van der Waals surface area contributed by atoms with E-state index >= 15 is 0 Å². The molecule has 7 heteroatoms. The van der Waals surface area contributed by atoms with E-state index in [-0.39, 0.29) is 10.8 Å². The maximum Gasteiger partial charge on any atom is 0.269 e. The second kappa shape index (κ2) is 8.07. The molecule has 0 amide bonds. The smallest absolute Gasteiger partial charge is 0.269 e. The summed E-state index contributed by atoms with van der Waals surface area (Å²) in [5.41, 5.74) is 3.09. The van der Waals surface area contributed by atoms with Gasteiger partial charge in [0.2, 0.25) is 6.29 Å². The van der Waals surface area contributed by atoms with E-state index in [4.69, 9.17) is 9.47 Å². The van der Waals surface area contributed by atoms with E-state index in [1.165, 1.54) is 3.97 Å². The normalized spacial score (nSPS) is 18.3. The molecular formula is C25H24N2O4S. The van der Waals surface area contributed by atoms with Crippen LogP contribution >= 0.6 is 0 Å². The van der Waals surface area contributed by atoms with E-state index in [2.05, 4.69) is 4.98 Å². The minimum absolute atomic E-state index is 0.208. The van der Waals surface area contributed by atoms with Crippen LogP contribution in [0.25, 0.3) is 11.0 Å². The zero-order valence-corrected chi connectivity index (χ0v) is 18.7. The molecular weight excluding hydrogens is 424 g/mol. The zero-order valence-electron chi connectivity index (χ0n) is 17.9. The summed E-state index contributed by atoms with van der Waals surface area (Å²) in [6.07, 6.45) is 1.63. The fourth-order valence-corrected chi connectivity index (χ4v) is 5.86. The molecule has 2 aromatic heterocycles. The molecule has 5 rings (SSSR count). The lowest BCUT2D eigenvalue weighted by Crippen LogP contribution is -2.31. The highest BCUT2D eigenvalue weighted by atomic mass is 32.2. The largest absolute Gasteiger partial charge is 0.462 e. The molecule has 0 radical (unpaired) electrons. The van der Waals surface area contributed by atoms with Crippen molar-refractivity contribution in [2.24, 2.45) is 0 Å². The average Bonchev–Trinajstić information content (AvgIpc) is 3.15. The standard InChI is InChI=1S/C25H24N2O4S/c1-3-30-22-16-21(18-13-11-17(2)12-14-18)23-24(31-22)20-10-7-15-26-25(20)27(23)32(28,29)19-8-5-4-6-9-19/h4-15,21-22H,3,16H2,1-2H3/t21-,22-/m0/s1. The summed E-state index contributed by atoms with van der Waals surface area (Å²) in [5.74, 6) is 0.284. The van der Waals surface area contributed by atoms with Gasteiger partial charge in [-0.15, -0.1) is 0 Å². The number of nitrogens with zero attached hydrogens (tertiary/aromatic N) is 2. The Morgan fingerprint density at radius 1 is 1.06 bits per heavy atom. The molecule has 0 N–H and O–H groups in total. The van der Waals surface area contributed by atoms with Crippen molar-refractivity contribution in [3.63, 3.8) is 0 Å². The van der Waals surface area contributed by atoms with Gasteiger partial charge < -0.3 is 9.47 Å². The highest BCUT2D eigenvalue weighted by molar-refractivity contribution is 7.90. The molecule has 0 aliphatic carbocycles. The Bertz CT molecular complexity index is 1360. The van der Waals surface area contributed by atoms with Crippen LogP contribution in [0.5, 0.6) is 5.75 Å². The van der Waals surface area contributed by atoms with Crippen LogP contribution in [0.1, 0.15) is 36.1 Å². The molecule has 0 spiro atoms. The van der Waals surface area contributed by atoms with Gasteiger partial charge >= 0.3 is 0 Å². The molecule has 164 valence electrons. The second-order valence-corrected chi connectivity index (χ2v) is 9.66. The van der Waals surface area contributed by atoms with Gasteiger partial charge in [-0.3, -0.25) is 0 Å². The molecule has 0 saturated heterocycles. The van der Waals surface area contributed by atoms with Gasteiger partial charge in [0.25, 0.3) is 10.0 Å². The topological polar surface area (TPSA) is 70.4 Å². The molecule has 0 saturated carbocycles. The van der Waals surface area contributed by atoms with Crippen molar-refractivity contribution >= 4 is 21.1 Å². The van der Waals surface area contributed by atoms with Crippen molar-refractivity contribution < 1.29 is 17.9 Å². The number of aryl methyl sites for hydroxylation is 1. The van der Waals surface area contributed by atoms with Crippen LogP contribution in [0.3, 0.4) is 0 Å². The third-order valence-electron chi connectivity index (χ3n) is 5.80. The Labute approximate surface area is 187 Å². The molecule has 0 fully saturated rings. The maximum absolute atomic E-state index is 13.9. The minimum Gasteiger partial charge on any atom is -0.462 e. The molecule has 4 aromatic rings. The van der Waals surface area contributed by atoms with Crippen molar-refractivity contribution in [2.45, 2.75) is 37.4 Å². The van der Waals surface area contributed by atoms with E-state index in [1.54, 1.807) is 42.6 Å². The number of pyridine rings is 1. The van der Waals surface area contributed by atoms with Crippen LogP contribution in [0.4, 0.5) is 0 Å². The molecule has 6 nitrogen and oxygen atoms in total. The van der Waals surface area contributed by atoms with E-state index < -0.39 is 16.3 Å². The van der Waals surface area contributed by atoms with Crippen molar-refractivity contribution in [3.8, 4) is 5.75 Å². The first-order valence-corrected chi connectivity index (χ1v) is 12.1. The van der Waals surface area contributed by atoms with Crippen LogP contribution in [0.15, 0.2) is 77.8 Å². The third-order valence-corrected chi connectivity index (χ3v) is 7.51. The molecule has 3 heterocycles. The lowest BCUT2D eigenvalue weighted by atomic mass is 9.89. The number of hydrogen-bond acceptors (Lipinski definition) is 5. The fourth-order valence-electron chi connectivity index (χ4n) is 4.31. The molecule has 2 aromatic carbocycles. The van der Waals surface area contributed by atoms with Gasteiger partial charge in [0, 0.05) is 25.1 Å². The summed E-state index contributed by atoms with van der Waals surface area (Å²) in [4.78, 5) is 4.66. The zero-order chi connectivity index (χ0) is 22.3. The van der Waals surface area contributed by atoms with Gasteiger partial charge in [-0.1, -0.05) is 48.0 Å². The number of fused-ring (bicyclic) bond motifs is 3. The third kappa shape index (κ3) is 3.38.